The van der Waals surface area contributed by atoms with E-state index in [0.717, 1.165) is 12.8 Å². The predicted molar refractivity (Wildman–Crippen MR) is 60.4 cm³/mol. The molecule has 0 aliphatic heterocycles. The van der Waals surface area contributed by atoms with Crippen molar-refractivity contribution in [3.05, 3.63) is 0 Å². The van der Waals surface area contributed by atoms with Crippen LogP contribution in [0, 0.1) is 0 Å². The molecule has 0 aromatic heterocycles. The highest BCUT2D eigenvalue weighted by molar-refractivity contribution is 5.83. The third kappa shape index (κ3) is 5.71. The molecule has 0 fully saturated rings. The maximum Gasteiger partial charge on any atom is 0.237 e. The molecule has 5 nitrogen and oxygen atoms in total. The molecule has 0 spiro atoms. The van der Waals surface area contributed by atoms with Gasteiger partial charge in [-0.3, -0.25) is 10.1 Å². The number of carbonyl (C=O) groups excluding carboxylic acids is 1. The van der Waals surface area contributed by atoms with Crippen LogP contribution in [0.15, 0.2) is 0 Å². The zero-order chi connectivity index (χ0) is 11.9. The fourth-order valence-corrected chi connectivity index (χ4v) is 1.34. The Bertz CT molecular complexity index is 195. The van der Waals surface area contributed by atoms with Gasteiger partial charge in [-0.2, -0.15) is 0 Å². The summed E-state index contributed by atoms with van der Waals surface area (Å²) in [7, 11) is 1.63. The topological polar surface area (TPSA) is 90.4 Å². The molecule has 0 bridgehead atoms. The predicted octanol–water partition coefficient (Wildman–Crippen LogP) is -0.406. The molecule has 0 aliphatic rings. The van der Waals surface area contributed by atoms with E-state index in [9.17, 15) is 4.79 Å². The molecule has 5 heteroatoms. The Balaban J connectivity index is 4.19. The summed E-state index contributed by atoms with van der Waals surface area (Å²) >= 11 is 0. The van der Waals surface area contributed by atoms with Gasteiger partial charge in [-0.25, -0.2) is 0 Å². The Kier molecular flexibility index (Phi) is 6.47. The lowest BCUT2D eigenvalue weighted by Gasteiger charge is -2.28. The first-order valence-corrected chi connectivity index (χ1v) is 5.20. The van der Waals surface area contributed by atoms with Crippen LogP contribution in [0.3, 0.4) is 0 Å². The lowest BCUT2D eigenvalue weighted by molar-refractivity contribution is -0.123. The Morgan fingerprint density at radius 2 is 2.13 bits per heavy atom. The number of carbonyl (C=O) groups is 1. The van der Waals surface area contributed by atoms with E-state index in [1.54, 1.807) is 21.0 Å². The van der Waals surface area contributed by atoms with Crippen molar-refractivity contribution in [3.63, 3.8) is 0 Å². The minimum Gasteiger partial charge on any atom is -0.383 e. The fraction of sp³-hybridized carbons (Fsp3) is 0.900. The number of primary amides is 1. The van der Waals surface area contributed by atoms with Gasteiger partial charge in [-0.1, -0.05) is 0 Å². The van der Waals surface area contributed by atoms with Crippen LogP contribution < -0.4 is 16.8 Å². The molecular weight excluding hydrogens is 194 g/mol. The summed E-state index contributed by atoms with van der Waals surface area (Å²) in [5, 5.41) is 3.17. The summed E-state index contributed by atoms with van der Waals surface area (Å²) < 4.78 is 5.07. The zero-order valence-corrected chi connectivity index (χ0v) is 9.88. The van der Waals surface area contributed by atoms with Crippen LogP contribution >= 0.6 is 0 Å². The third-order valence-corrected chi connectivity index (χ3v) is 2.31. The van der Waals surface area contributed by atoms with Gasteiger partial charge < -0.3 is 16.2 Å². The molecular formula is C10H23N3O2. The maximum absolute atomic E-state index is 11.1. The van der Waals surface area contributed by atoms with Gasteiger partial charge in [0.15, 0.2) is 0 Å². The molecule has 0 saturated heterocycles. The average molecular weight is 217 g/mol. The number of hydrogen-bond donors (Lipinski definition) is 3. The van der Waals surface area contributed by atoms with Crippen LogP contribution in [0.5, 0.6) is 0 Å². The molecule has 0 aromatic rings. The normalized spacial score (nSPS) is 13.9. The van der Waals surface area contributed by atoms with Gasteiger partial charge in [0.05, 0.1) is 12.1 Å². The summed E-state index contributed by atoms with van der Waals surface area (Å²) in [6.45, 7) is 4.72. The van der Waals surface area contributed by atoms with Gasteiger partial charge in [-0.05, 0) is 33.2 Å². The Hall–Kier alpha value is -0.650. The van der Waals surface area contributed by atoms with E-state index in [4.69, 9.17) is 16.2 Å². The van der Waals surface area contributed by atoms with Crippen molar-refractivity contribution in [2.45, 2.75) is 38.3 Å². The van der Waals surface area contributed by atoms with E-state index in [1.807, 2.05) is 0 Å². The summed E-state index contributed by atoms with van der Waals surface area (Å²) in [6, 6.07) is 0.112. The van der Waals surface area contributed by atoms with E-state index in [1.165, 1.54) is 0 Å². The van der Waals surface area contributed by atoms with Gasteiger partial charge in [0.25, 0.3) is 0 Å². The summed E-state index contributed by atoms with van der Waals surface area (Å²) in [5.41, 5.74) is 10.0. The molecule has 1 amide bonds. The number of rotatable bonds is 8. The van der Waals surface area contributed by atoms with Crippen LogP contribution in [0.2, 0.25) is 0 Å². The van der Waals surface area contributed by atoms with E-state index in [0.29, 0.717) is 13.2 Å². The van der Waals surface area contributed by atoms with Crippen molar-refractivity contribution >= 4 is 5.91 Å². The van der Waals surface area contributed by atoms with Crippen LogP contribution in [-0.4, -0.2) is 37.7 Å². The lowest BCUT2D eigenvalue weighted by atomic mass is 10.0. The first-order valence-electron chi connectivity index (χ1n) is 5.20. The van der Waals surface area contributed by atoms with Crippen molar-refractivity contribution in [2.24, 2.45) is 11.5 Å². The first kappa shape index (κ1) is 14.3. The van der Waals surface area contributed by atoms with Gasteiger partial charge in [0.1, 0.15) is 0 Å². The SMILES string of the molecule is COCC(CCCN)NC(C)(C)C(N)=O. The van der Waals surface area contributed by atoms with Crippen molar-refractivity contribution in [1.82, 2.24) is 5.32 Å². The number of nitrogens with two attached hydrogens (primary N) is 2. The highest BCUT2D eigenvalue weighted by atomic mass is 16.5. The second-order valence-electron chi connectivity index (χ2n) is 4.22. The first-order chi connectivity index (χ1) is 6.94. The van der Waals surface area contributed by atoms with Gasteiger partial charge in [0, 0.05) is 13.2 Å². The van der Waals surface area contributed by atoms with Crippen molar-refractivity contribution in [3.8, 4) is 0 Å². The lowest BCUT2D eigenvalue weighted by Crippen LogP contribution is -2.55. The number of amides is 1. The van der Waals surface area contributed by atoms with Gasteiger partial charge in [-0.15, -0.1) is 0 Å². The quantitative estimate of drug-likeness (QED) is 0.515. The molecule has 90 valence electrons. The molecule has 1 atom stereocenters. The highest BCUT2D eigenvalue weighted by Crippen LogP contribution is 2.06. The average Bonchev–Trinajstić information content (AvgIpc) is 2.14. The van der Waals surface area contributed by atoms with E-state index in [2.05, 4.69) is 5.32 Å². The molecule has 1 unspecified atom stereocenters. The van der Waals surface area contributed by atoms with Crippen molar-refractivity contribution in [2.75, 3.05) is 20.3 Å². The molecule has 5 N–H and O–H groups in total. The van der Waals surface area contributed by atoms with E-state index < -0.39 is 5.54 Å². The monoisotopic (exact) mass is 217 g/mol. The Labute approximate surface area is 91.5 Å². The van der Waals surface area contributed by atoms with E-state index >= 15 is 0 Å². The van der Waals surface area contributed by atoms with Crippen molar-refractivity contribution < 1.29 is 9.53 Å². The van der Waals surface area contributed by atoms with Gasteiger partial charge in [0.2, 0.25) is 5.91 Å². The van der Waals surface area contributed by atoms with Crippen LogP contribution in [0.4, 0.5) is 0 Å². The van der Waals surface area contributed by atoms with Crippen LogP contribution in [0.25, 0.3) is 0 Å². The molecule has 0 radical (unpaired) electrons. The largest absolute Gasteiger partial charge is 0.383 e. The second kappa shape index (κ2) is 6.76. The van der Waals surface area contributed by atoms with Crippen molar-refractivity contribution in [1.29, 1.82) is 0 Å². The molecule has 0 saturated carbocycles. The Morgan fingerprint density at radius 3 is 2.53 bits per heavy atom. The second-order valence-corrected chi connectivity index (χ2v) is 4.22. The number of nitrogens with one attached hydrogen (secondary N) is 1. The van der Waals surface area contributed by atoms with Crippen LogP contribution in [-0.2, 0) is 9.53 Å². The molecule has 0 heterocycles. The van der Waals surface area contributed by atoms with Crippen LogP contribution in [0.1, 0.15) is 26.7 Å². The molecule has 15 heavy (non-hydrogen) atoms. The minimum absolute atomic E-state index is 0.112. The van der Waals surface area contributed by atoms with Gasteiger partial charge >= 0.3 is 0 Å². The smallest absolute Gasteiger partial charge is 0.237 e. The maximum atomic E-state index is 11.1. The highest BCUT2D eigenvalue weighted by Gasteiger charge is 2.27. The van der Waals surface area contributed by atoms with E-state index in [-0.39, 0.29) is 11.9 Å². The summed E-state index contributed by atoms with van der Waals surface area (Å²) in [5.74, 6) is -0.364. The zero-order valence-electron chi connectivity index (χ0n) is 9.88. The molecule has 0 aliphatic carbocycles. The third-order valence-electron chi connectivity index (χ3n) is 2.31. The Morgan fingerprint density at radius 1 is 1.53 bits per heavy atom. The number of methoxy groups -OCH3 is 1. The molecule has 0 rings (SSSR count). The fourth-order valence-electron chi connectivity index (χ4n) is 1.34. The number of ether oxygens (including phenoxy) is 1. The summed E-state index contributed by atoms with van der Waals surface area (Å²) in [4.78, 5) is 11.1. The minimum atomic E-state index is -0.711. The molecule has 0 aromatic carbocycles. The standard InChI is InChI=1S/C10H23N3O2/c1-10(2,9(12)14)13-8(7-15-3)5-4-6-11/h8,13H,4-7,11H2,1-3H3,(H2,12,14). The summed E-state index contributed by atoms with van der Waals surface area (Å²) in [6.07, 6.45) is 1.77. The number of hydrogen-bond acceptors (Lipinski definition) is 4.